The van der Waals surface area contributed by atoms with E-state index in [1.54, 1.807) is 13.0 Å². The van der Waals surface area contributed by atoms with Gasteiger partial charge in [0.25, 0.3) is 0 Å². The Kier molecular flexibility index (Phi) is 3.42. The highest BCUT2D eigenvalue weighted by atomic mass is 16.3. The molecule has 0 heterocycles. The molecule has 0 spiro atoms. The number of hydrogen-bond acceptors (Lipinski definition) is 2. The Hall–Kier alpha value is -1.15. The van der Waals surface area contributed by atoms with Crippen molar-refractivity contribution in [3.63, 3.8) is 0 Å². The van der Waals surface area contributed by atoms with Gasteiger partial charge in [-0.1, -0.05) is 30.7 Å². The molecule has 1 N–H and O–H groups in total. The van der Waals surface area contributed by atoms with E-state index in [2.05, 4.69) is 0 Å². The summed E-state index contributed by atoms with van der Waals surface area (Å²) in [4.78, 5) is 11.7. The molecule has 1 rings (SSSR count). The molecule has 1 unspecified atom stereocenters. The van der Waals surface area contributed by atoms with E-state index in [1.807, 2.05) is 26.0 Å². The Morgan fingerprint density at radius 1 is 1.43 bits per heavy atom. The topological polar surface area (TPSA) is 37.3 Å². The highest BCUT2D eigenvalue weighted by Gasteiger charge is 2.16. The molecule has 0 aromatic heterocycles. The van der Waals surface area contributed by atoms with Gasteiger partial charge in [-0.25, -0.2) is 0 Å². The summed E-state index contributed by atoms with van der Waals surface area (Å²) in [6.45, 7) is 5.67. The number of carbonyl (C=O) groups excluding carboxylic acids is 1. The molecule has 0 bridgehead atoms. The van der Waals surface area contributed by atoms with Gasteiger partial charge in [-0.15, -0.1) is 0 Å². The van der Waals surface area contributed by atoms with Crippen LogP contribution in [0.4, 0.5) is 0 Å². The van der Waals surface area contributed by atoms with E-state index in [0.29, 0.717) is 12.0 Å². The molecule has 0 saturated carbocycles. The maximum absolute atomic E-state index is 11.7. The first kappa shape index (κ1) is 10.9. The van der Waals surface area contributed by atoms with Gasteiger partial charge in [-0.05, 0) is 25.8 Å². The van der Waals surface area contributed by atoms with Gasteiger partial charge < -0.3 is 5.11 Å². The largest absolute Gasteiger partial charge is 0.385 e. The van der Waals surface area contributed by atoms with Gasteiger partial charge in [0, 0.05) is 5.56 Å². The molecule has 0 aliphatic carbocycles. The number of Topliss-reactive ketones (excluding diaryl/α,β-unsaturated/α-hetero) is 1. The van der Waals surface area contributed by atoms with Crippen molar-refractivity contribution < 1.29 is 9.90 Å². The fourth-order valence-electron chi connectivity index (χ4n) is 1.45. The van der Waals surface area contributed by atoms with Crippen LogP contribution in [0.3, 0.4) is 0 Å². The number of benzene rings is 1. The molecule has 1 aromatic carbocycles. The summed E-state index contributed by atoms with van der Waals surface area (Å²) in [6.07, 6.45) is -0.400. The Morgan fingerprint density at radius 3 is 2.57 bits per heavy atom. The second-order valence-electron chi connectivity index (χ2n) is 3.61. The van der Waals surface area contributed by atoms with Crippen molar-refractivity contribution in [2.75, 3.05) is 0 Å². The van der Waals surface area contributed by atoms with Crippen molar-refractivity contribution in [2.24, 2.45) is 0 Å². The number of aliphatic hydroxyl groups excluding tert-OH is 1. The van der Waals surface area contributed by atoms with Crippen LogP contribution < -0.4 is 0 Å². The zero-order valence-electron chi connectivity index (χ0n) is 8.87. The van der Waals surface area contributed by atoms with Crippen molar-refractivity contribution in [1.29, 1.82) is 0 Å². The first-order chi connectivity index (χ1) is 6.56. The zero-order valence-corrected chi connectivity index (χ0v) is 8.87. The maximum atomic E-state index is 11.7. The Morgan fingerprint density at radius 2 is 2.07 bits per heavy atom. The Balaban J connectivity index is 3.02. The Bertz CT molecular complexity index is 342. The molecular formula is C12H16O2. The van der Waals surface area contributed by atoms with Crippen molar-refractivity contribution in [1.82, 2.24) is 0 Å². The number of aliphatic hydroxyl groups is 1. The molecule has 0 aliphatic heterocycles. The minimum absolute atomic E-state index is 0.176. The van der Waals surface area contributed by atoms with E-state index in [1.165, 1.54) is 0 Å². The second kappa shape index (κ2) is 4.38. The number of aryl methyl sites for hydroxylation is 2. The molecule has 1 aromatic rings. The molecular weight excluding hydrogens is 176 g/mol. The van der Waals surface area contributed by atoms with E-state index in [4.69, 9.17) is 0 Å². The van der Waals surface area contributed by atoms with Crippen LogP contribution in [0.25, 0.3) is 0 Å². The molecule has 76 valence electrons. The monoisotopic (exact) mass is 192 g/mol. The number of rotatable bonds is 3. The van der Waals surface area contributed by atoms with Crippen LogP contribution in [0.1, 0.15) is 34.8 Å². The van der Waals surface area contributed by atoms with Gasteiger partial charge in [0.2, 0.25) is 0 Å². The lowest BCUT2D eigenvalue weighted by atomic mass is 9.98. The molecule has 0 fully saturated rings. The van der Waals surface area contributed by atoms with E-state index in [0.717, 1.165) is 11.1 Å². The first-order valence-corrected chi connectivity index (χ1v) is 4.85. The zero-order chi connectivity index (χ0) is 10.7. The molecule has 2 nitrogen and oxygen atoms in total. The van der Waals surface area contributed by atoms with Gasteiger partial charge in [-0.3, -0.25) is 4.79 Å². The molecule has 0 amide bonds. The van der Waals surface area contributed by atoms with Crippen LogP contribution in [-0.2, 0) is 0 Å². The van der Waals surface area contributed by atoms with Gasteiger partial charge >= 0.3 is 0 Å². The predicted octanol–water partition coefficient (Wildman–Crippen LogP) is 2.26. The summed E-state index contributed by atoms with van der Waals surface area (Å²) in [7, 11) is 0. The highest BCUT2D eigenvalue weighted by Crippen LogP contribution is 2.13. The third-order valence-electron chi connectivity index (χ3n) is 2.34. The average molecular weight is 192 g/mol. The van der Waals surface area contributed by atoms with Crippen LogP contribution in [-0.4, -0.2) is 17.0 Å². The van der Waals surface area contributed by atoms with Gasteiger partial charge in [0.05, 0.1) is 0 Å². The van der Waals surface area contributed by atoms with Crippen LogP contribution in [0, 0.1) is 13.8 Å². The SMILES string of the molecule is CCC(O)C(=O)c1ccc(C)cc1C. The lowest BCUT2D eigenvalue weighted by molar-refractivity contribution is 0.0740. The fourth-order valence-corrected chi connectivity index (χ4v) is 1.45. The lowest BCUT2D eigenvalue weighted by Crippen LogP contribution is -2.20. The fraction of sp³-hybridized carbons (Fsp3) is 0.417. The van der Waals surface area contributed by atoms with Crippen molar-refractivity contribution in [2.45, 2.75) is 33.3 Å². The van der Waals surface area contributed by atoms with E-state index >= 15 is 0 Å². The summed E-state index contributed by atoms with van der Waals surface area (Å²) in [5.74, 6) is -0.176. The molecule has 14 heavy (non-hydrogen) atoms. The minimum Gasteiger partial charge on any atom is -0.385 e. The number of carbonyl (C=O) groups is 1. The summed E-state index contributed by atoms with van der Waals surface area (Å²) in [6, 6.07) is 5.63. The number of ketones is 1. The first-order valence-electron chi connectivity index (χ1n) is 4.85. The summed E-state index contributed by atoms with van der Waals surface area (Å²) >= 11 is 0. The lowest BCUT2D eigenvalue weighted by Gasteiger charge is -2.09. The van der Waals surface area contributed by atoms with Crippen molar-refractivity contribution in [3.8, 4) is 0 Å². The van der Waals surface area contributed by atoms with E-state index in [9.17, 15) is 9.90 Å². The van der Waals surface area contributed by atoms with Gasteiger partial charge in [-0.2, -0.15) is 0 Å². The molecule has 0 aliphatic rings. The highest BCUT2D eigenvalue weighted by molar-refractivity contribution is 6.00. The van der Waals surface area contributed by atoms with Crippen LogP contribution in [0.2, 0.25) is 0 Å². The van der Waals surface area contributed by atoms with Crippen molar-refractivity contribution >= 4 is 5.78 Å². The predicted molar refractivity (Wildman–Crippen MR) is 56.5 cm³/mol. The van der Waals surface area contributed by atoms with Gasteiger partial charge in [0.1, 0.15) is 6.10 Å². The normalized spacial score (nSPS) is 12.6. The minimum atomic E-state index is -0.864. The number of hydrogen-bond donors (Lipinski definition) is 1. The molecule has 0 saturated heterocycles. The van der Waals surface area contributed by atoms with E-state index < -0.39 is 6.10 Å². The standard InChI is InChI=1S/C12H16O2/c1-4-11(13)12(14)10-6-5-8(2)7-9(10)3/h5-7,11,13H,4H2,1-3H3. The third kappa shape index (κ3) is 2.20. The average Bonchev–Trinajstić information content (AvgIpc) is 2.15. The summed E-state index contributed by atoms with van der Waals surface area (Å²) in [5.41, 5.74) is 2.69. The van der Waals surface area contributed by atoms with Crippen LogP contribution in [0.15, 0.2) is 18.2 Å². The van der Waals surface area contributed by atoms with Crippen LogP contribution in [0.5, 0.6) is 0 Å². The smallest absolute Gasteiger partial charge is 0.191 e. The second-order valence-corrected chi connectivity index (χ2v) is 3.61. The summed E-state index contributed by atoms with van der Waals surface area (Å²) in [5, 5.41) is 9.42. The summed E-state index contributed by atoms with van der Waals surface area (Å²) < 4.78 is 0. The van der Waals surface area contributed by atoms with Crippen molar-refractivity contribution in [3.05, 3.63) is 34.9 Å². The maximum Gasteiger partial charge on any atom is 0.191 e. The quantitative estimate of drug-likeness (QED) is 0.746. The van der Waals surface area contributed by atoms with Gasteiger partial charge in [0.15, 0.2) is 5.78 Å². The van der Waals surface area contributed by atoms with E-state index in [-0.39, 0.29) is 5.78 Å². The van der Waals surface area contributed by atoms with Crippen LogP contribution >= 0.6 is 0 Å². The Labute approximate surface area is 84.6 Å². The molecule has 0 radical (unpaired) electrons. The third-order valence-corrected chi connectivity index (χ3v) is 2.34. The molecule has 2 heteroatoms. The molecule has 1 atom stereocenters.